The number of nitrogens with one attached hydrogen (secondary N) is 1. The molecule has 1 heterocycles. The van der Waals surface area contributed by atoms with Gasteiger partial charge in [-0.05, 0) is 35.0 Å². The minimum Gasteiger partial charge on any atom is -0.453 e. The van der Waals surface area contributed by atoms with E-state index in [0.29, 0.717) is 5.69 Å². The van der Waals surface area contributed by atoms with Gasteiger partial charge in [0.05, 0.1) is 18.5 Å². The number of amides is 1. The van der Waals surface area contributed by atoms with Crippen LogP contribution in [0.25, 0.3) is 0 Å². The number of carbonyl (C=O) groups excluding carboxylic acids is 1. The lowest BCUT2D eigenvalue weighted by Gasteiger charge is -2.05. The van der Waals surface area contributed by atoms with Crippen molar-refractivity contribution >= 4 is 27.7 Å². The Bertz CT molecular complexity index is 328. The Morgan fingerprint density at radius 2 is 2.31 bits per heavy atom. The van der Waals surface area contributed by atoms with Crippen molar-refractivity contribution < 1.29 is 9.53 Å². The second-order valence-corrected chi connectivity index (χ2v) is 3.20. The number of carbonyl (C=O) groups is 1. The first-order chi connectivity index (χ1) is 6.13. The molecule has 0 bridgehead atoms. The Morgan fingerprint density at radius 1 is 1.62 bits per heavy atom. The van der Waals surface area contributed by atoms with Gasteiger partial charge in [0.2, 0.25) is 0 Å². The average molecular weight is 245 g/mol. The number of anilines is 1. The Morgan fingerprint density at radius 3 is 2.85 bits per heavy atom. The molecule has 4 nitrogen and oxygen atoms in total. The van der Waals surface area contributed by atoms with E-state index in [1.54, 1.807) is 19.1 Å². The lowest BCUT2D eigenvalue weighted by Crippen LogP contribution is -2.12. The number of hydrogen-bond donors (Lipinski definition) is 1. The van der Waals surface area contributed by atoms with Crippen molar-refractivity contribution in [1.82, 2.24) is 4.98 Å². The minimum absolute atomic E-state index is 0.493. The summed E-state index contributed by atoms with van der Waals surface area (Å²) in [6.07, 6.45) is -0.493. The van der Waals surface area contributed by atoms with Crippen molar-refractivity contribution in [2.24, 2.45) is 0 Å². The van der Waals surface area contributed by atoms with Crippen molar-refractivity contribution in [2.75, 3.05) is 12.4 Å². The van der Waals surface area contributed by atoms with E-state index in [9.17, 15) is 4.79 Å². The largest absolute Gasteiger partial charge is 0.453 e. The third-order valence-corrected chi connectivity index (χ3v) is 1.92. The molecule has 0 atom stereocenters. The quantitative estimate of drug-likeness (QED) is 0.772. The number of nitrogens with zero attached hydrogens (tertiary/aromatic N) is 1. The summed E-state index contributed by atoms with van der Waals surface area (Å²) in [5.41, 5.74) is 1.38. The van der Waals surface area contributed by atoms with Crippen molar-refractivity contribution in [3.8, 4) is 0 Å². The molecule has 70 valence electrons. The molecule has 1 rings (SSSR count). The van der Waals surface area contributed by atoms with Gasteiger partial charge in [-0.2, -0.15) is 0 Å². The van der Waals surface area contributed by atoms with E-state index in [2.05, 4.69) is 31.0 Å². The highest BCUT2D eigenvalue weighted by molar-refractivity contribution is 9.10. The minimum atomic E-state index is -0.493. The zero-order chi connectivity index (χ0) is 9.84. The maximum Gasteiger partial charge on any atom is 0.411 e. The molecule has 1 aromatic rings. The number of aromatic nitrogens is 1. The van der Waals surface area contributed by atoms with Crippen LogP contribution in [0.1, 0.15) is 5.69 Å². The van der Waals surface area contributed by atoms with Crippen LogP contribution >= 0.6 is 15.9 Å². The standard InChI is InChI=1S/C8H9BrN2O2/c1-5-6(11-8(12)13-2)3-4-7(9)10-5/h3-4H,1-2H3,(H,11,12). The van der Waals surface area contributed by atoms with Crippen molar-refractivity contribution in [2.45, 2.75) is 6.92 Å². The van der Waals surface area contributed by atoms with Gasteiger partial charge in [0.25, 0.3) is 0 Å². The Kier molecular flexibility index (Phi) is 3.25. The van der Waals surface area contributed by atoms with Crippen molar-refractivity contribution in [1.29, 1.82) is 0 Å². The van der Waals surface area contributed by atoms with Crippen LogP contribution in [-0.2, 0) is 4.74 Å². The van der Waals surface area contributed by atoms with Crippen LogP contribution in [0.15, 0.2) is 16.7 Å². The van der Waals surface area contributed by atoms with Gasteiger partial charge in [-0.25, -0.2) is 9.78 Å². The van der Waals surface area contributed by atoms with Crippen molar-refractivity contribution in [3.63, 3.8) is 0 Å². The second-order valence-electron chi connectivity index (χ2n) is 2.38. The first kappa shape index (κ1) is 9.98. The number of rotatable bonds is 1. The number of aryl methyl sites for hydroxylation is 1. The van der Waals surface area contributed by atoms with Gasteiger partial charge in [-0.15, -0.1) is 0 Å². The summed E-state index contributed by atoms with van der Waals surface area (Å²) in [5, 5.41) is 2.54. The van der Waals surface area contributed by atoms with Gasteiger partial charge in [-0.1, -0.05) is 0 Å². The number of methoxy groups -OCH3 is 1. The molecule has 0 fully saturated rings. The zero-order valence-electron chi connectivity index (χ0n) is 7.30. The van der Waals surface area contributed by atoms with E-state index >= 15 is 0 Å². The molecule has 1 aromatic heterocycles. The predicted octanol–water partition coefficient (Wildman–Crippen LogP) is 2.33. The molecule has 1 amide bonds. The normalized spacial score (nSPS) is 9.46. The number of ether oxygens (including phenoxy) is 1. The first-order valence-corrected chi connectivity index (χ1v) is 4.41. The molecule has 0 aliphatic heterocycles. The van der Waals surface area contributed by atoms with E-state index in [4.69, 9.17) is 0 Å². The summed E-state index contributed by atoms with van der Waals surface area (Å²) in [5.74, 6) is 0. The van der Waals surface area contributed by atoms with Gasteiger partial charge in [0.1, 0.15) is 4.60 Å². The highest BCUT2D eigenvalue weighted by Gasteiger charge is 2.04. The van der Waals surface area contributed by atoms with Crippen molar-refractivity contribution in [3.05, 3.63) is 22.4 Å². The van der Waals surface area contributed by atoms with E-state index in [1.807, 2.05) is 0 Å². The van der Waals surface area contributed by atoms with Gasteiger partial charge in [-0.3, -0.25) is 5.32 Å². The molecule has 0 spiro atoms. The van der Waals surface area contributed by atoms with Crippen LogP contribution in [0.3, 0.4) is 0 Å². The molecular formula is C8H9BrN2O2. The summed E-state index contributed by atoms with van der Waals surface area (Å²) < 4.78 is 5.19. The van der Waals surface area contributed by atoms with E-state index in [1.165, 1.54) is 7.11 Å². The number of pyridine rings is 1. The number of halogens is 1. The maximum absolute atomic E-state index is 10.8. The molecule has 0 aromatic carbocycles. The van der Waals surface area contributed by atoms with Crippen LogP contribution in [0.5, 0.6) is 0 Å². The van der Waals surface area contributed by atoms with Gasteiger partial charge in [0.15, 0.2) is 0 Å². The number of hydrogen-bond acceptors (Lipinski definition) is 3. The topological polar surface area (TPSA) is 51.2 Å². The molecule has 13 heavy (non-hydrogen) atoms. The highest BCUT2D eigenvalue weighted by atomic mass is 79.9. The van der Waals surface area contributed by atoms with E-state index in [-0.39, 0.29) is 0 Å². The van der Waals surface area contributed by atoms with Crippen LogP contribution in [0.4, 0.5) is 10.5 Å². The van der Waals surface area contributed by atoms with E-state index in [0.717, 1.165) is 10.3 Å². The Labute approximate surface area is 84.4 Å². The summed E-state index contributed by atoms with van der Waals surface area (Å²) in [6.45, 7) is 1.80. The molecule has 1 N–H and O–H groups in total. The van der Waals surface area contributed by atoms with Crippen LogP contribution < -0.4 is 5.32 Å². The third-order valence-electron chi connectivity index (χ3n) is 1.47. The lowest BCUT2D eigenvalue weighted by atomic mass is 10.3. The smallest absolute Gasteiger partial charge is 0.411 e. The summed E-state index contributed by atoms with van der Waals surface area (Å²) in [6, 6.07) is 3.50. The fraction of sp³-hybridized carbons (Fsp3) is 0.250. The monoisotopic (exact) mass is 244 g/mol. The molecule has 0 aliphatic carbocycles. The van der Waals surface area contributed by atoms with Gasteiger partial charge < -0.3 is 4.74 Å². The average Bonchev–Trinajstić information content (AvgIpc) is 2.09. The van der Waals surface area contributed by atoms with Gasteiger partial charge in [0, 0.05) is 0 Å². The molecule has 0 unspecified atom stereocenters. The van der Waals surface area contributed by atoms with Gasteiger partial charge >= 0.3 is 6.09 Å². The SMILES string of the molecule is COC(=O)Nc1ccc(Br)nc1C. The van der Waals surface area contributed by atoms with E-state index < -0.39 is 6.09 Å². The summed E-state index contributed by atoms with van der Waals surface area (Å²) in [4.78, 5) is 15.0. The molecular weight excluding hydrogens is 236 g/mol. The Balaban J connectivity index is 2.83. The van der Waals surface area contributed by atoms with Crippen LogP contribution in [0.2, 0.25) is 0 Å². The molecule has 0 saturated heterocycles. The molecule has 5 heteroatoms. The molecule has 0 saturated carbocycles. The Hall–Kier alpha value is -1.10. The fourth-order valence-corrected chi connectivity index (χ4v) is 1.22. The van der Waals surface area contributed by atoms with Crippen LogP contribution in [-0.4, -0.2) is 18.2 Å². The fourth-order valence-electron chi connectivity index (χ4n) is 0.824. The second kappa shape index (κ2) is 4.23. The summed E-state index contributed by atoms with van der Waals surface area (Å²) >= 11 is 3.22. The summed E-state index contributed by atoms with van der Waals surface area (Å²) in [7, 11) is 1.32. The zero-order valence-corrected chi connectivity index (χ0v) is 8.88. The maximum atomic E-state index is 10.8. The first-order valence-electron chi connectivity index (χ1n) is 3.61. The highest BCUT2D eigenvalue weighted by Crippen LogP contribution is 2.15. The molecule has 0 aliphatic rings. The third kappa shape index (κ3) is 2.69. The van der Waals surface area contributed by atoms with Crippen LogP contribution in [0, 0.1) is 6.92 Å². The molecule has 0 radical (unpaired) electrons. The predicted molar refractivity (Wildman–Crippen MR) is 52.7 cm³/mol. The lowest BCUT2D eigenvalue weighted by molar-refractivity contribution is 0.187.